The number of benzene rings is 4. The van der Waals surface area contributed by atoms with Gasteiger partial charge in [0.05, 0.1) is 14.2 Å². The van der Waals surface area contributed by atoms with E-state index in [9.17, 15) is 0 Å². The first-order valence-corrected chi connectivity index (χ1v) is 17.5. The molecule has 0 fully saturated rings. The van der Waals surface area contributed by atoms with E-state index >= 15 is 26.3 Å². The number of alkyl halides is 6. The topological polar surface area (TPSA) is 18.5 Å². The van der Waals surface area contributed by atoms with Gasteiger partial charge in [-0.1, -0.05) is 72.8 Å². The standard InChI is InChI=1S/C41H30F6O2S2/c1-23-35(31-19-13-27(21-33(31)50-23)7-5-25-9-15-29(48-3)16-10-25)37-38(40(44,45)41(46,47)39(37,42)43)36-24(2)51-34-22-28(14-20-32(34)36)8-6-26-11-17-30(49-4)18-12-26/h5-22H,1-4H3. The summed E-state index contributed by atoms with van der Waals surface area (Å²) < 4.78 is 106. The van der Waals surface area contributed by atoms with Gasteiger partial charge in [-0.05, 0) is 72.5 Å². The van der Waals surface area contributed by atoms with Crippen molar-refractivity contribution in [2.75, 3.05) is 14.2 Å². The molecular formula is C41H30F6O2S2. The van der Waals surface area contributed by atoms with Crippen LogP contribution in [0.3, 0.4) is 0 Å². The van der Waals surface area contributed by atoms with Crippen LogP contribution in [0.2, 0.25) is 0 Å². The Morgan fingerprint density at radius 3 is 1.18 bits per heavy atom. The van der Waals surface area contributed by atoms with Crippen molar-refractivity contribution in [2.24, 2.45) is 0 Å². The summed E-state index contributed by atoms with van der Waals surface area (Å²) >= 11 is 2.20. The number of hydrogen-bond acceptors (Lipinski definition) is 4. The molecule has 4 aromatic carbocycles. The van der Waals surface area contributed by atoms with E-state index in [1.807, 2.05) is 72.8 Å². The number of aryl methyl sites for hydroxylation is 2. The van der Waals surface area contributed by atoms with Gasteiger partial charge in [0.15, 0.2) is 0 Å². The summed E-state index contributed by atoms with van der Waals surface area (Å²) in [5.41, 5.74) is 0.0233. The number of hydrogen-bond donors (Lipinski definition) is 0. The van der Waals surface area contributed by atoms with Gasteiger partial charge >= 0.3 is 17.8 Å². The van der Waals surface area contributed by atoms with E-state index in [-0.39, 0.29) is 31.7 Å². The van der Waals surface area contributed by atoms with Crippen molar-refractivity contribution in [1.82, 2.24) is 0 Å². The van der Waals surface area contributed by atoms with Crippen LogP contribution in [0.5, 0.6) is 11.5 Å². The summed E-state index contributed by atoms with van der Waals surface area (Å²) in [6.07, 6.45) is 7.38. The largest absolute Gasteiger partial charge is 0.497 e. The number of methoxy groups -OCH3 is 2. The summed E-state index contributed by atoms with van der Waals surface area (Å²) in [6.45, 7) is 3.00. The Kier molecular flexibility index (Phi) is 8.66. The second kappa shape index (κ2) is 12.8. The average Bonchev–Trinajstić information content (AvgIpc) is 3.64. The lowest BCUT2D eigenvalue weighted by Gasteiger charge is -2.26. The highest BCUT2D eigenvalue weighted by Crippen LogP contribution is 2.67. The summed E-state index contributed by atoms with van der Waals surface area (Å²) in [6, 6.07) is 24.6. The number of halogens is 6. The van der Waals surface area contributed by atoms with E-state index in [1.54, 1.807) is 38.5 Å². The lowest BCUT2D eigenvalue weighted by molar-refractivity contribution is -0.254. The lowest BCUT2D eigenvalue weighted by atomic mass is 9.91. The van der Waals surface area contributed by atoms with Gasteiger partial charge in [-0.2, -0.15) is 26.3 Å². The molecule has 0 aliphatic heterocycles. The molecule has 6 aromatic rings. The number of rotatable bonds is 8. The van der Waals surface area contributed by atoms with Crippen LogP contribution >= 0.6 is 22.7 Å². The Balaban J connectivity index is 1.34. The van der Waals surface area contributed by atoms with Crippen LogP contribution < -0.4 is 9.47 Å². The normalized spacial score (nSPS) is 16.7. The molecule has 0 spiro atoms. The van der Waals surface area contributed by atoms with Crippen molar-refractivity contribution in [1.29, 1.82) is 0 Å². The summed E-state index contributed by atoms with van der Waals surface area (Å²) in [4.78, 5) is 0.482. The summed E-state index contributed by atoms with van der Waals surface area (Å²) in [7, 11) is 3.15. The first-order chi connectivity index (χ1) is 24.3. The van der Waals surface area contributed by atoms with E-state index < -0.39 is 28.9 Å². The molecule has 0 atom stereocenters. The maximum absolute atomic E-state index is 16.0. The molecule has 0 saturated carbocycles. The monoisotopic (exact) mass is 732 g/mol. The van der Waals surface area contributed by atoms with Crippen molar-refractivity contribution < 1.29 is 35.8 Å². The second-order valence-electron chi connectivity index (χ2n) is 12.3. The number of allylic oxidation sites excluding steroid dienone is 2. The zero-order valence-corrected chi connectivity index (χ0v) is 29.4. The van der Waals surface area contributed by atoms with Crippen LogP contribution in [0.15, 0.2) is 84.9 Å². The van der Waals surface area contributed by atoms with Gasteiger partial charge in [0.25, 0.3) is 0 Å². The molecule has 2 heterocycles. The van der Waals surface area contributed by atoms with Crippen molar-refractivity contribution in [3.8, 4) is 11.5 Å². The molecule has 7 rings (SSSR count). The molecule has 1 aliphatic carbocycles. The molecule has 0 N–H and O–H groups in total. The van der Waals surface area contributed by atoms with Crippen LogP contribution in [0.4, 0.5) is 26.3 Å². The lowest BCUT2D eigenvalue weighted by Crippen LogP contribution is -2.48. The molecule has 0 unspecified atom stereocenters. The van der Waals surface area contributed by atoms with Crippen molar-refractivity contribution in [3.05, 3.63) is 128 Å². The predicted octanol–water partition coefficient (Wildman–Crippen LogP) is 12.9. The number of fused-ring (bicyclic) bond motifs is 2. The fourth-order valence-corrected chi connectivity index (χ4v) is 8.74. The highest BCUT2D eigenvalue weighted by atomic mass is 32.1. The molecule has 0 saturated heterocycles. The molecule has 0 amide bonds. The third kappa shape index (κ3) is 5.74. The zero-order chi connectivity index (χ0) is 36.3. The van der Waals surface area contributed by atoms with Crippen LogP contribution in [0.25, 0.3) is 55.6 Å². The van der Waals surface area contributed by atoms with E-state index in [0.29, 0.717) is 20.9 Å². The zero-order valence-electron chi connectivity index (χ0n) is 27.8. The summed E-state index contributed by atoms with van der Waals surface area (Å²) in [5, 5.41) is 0.422. The Labute approximate surface area is 298 Å². The third-order valence-electron chi connectivity index (χ3n) is 9.11. The van der Waals surface area contributed by atoms with E-state index in [1.165, 1.54) is 26.0 Å². The van der Waals surface area contributed by atoms with E-state index in [2.05, 4.69) is 0 Å². The minimum atomic E-state index is -5.66. The maximum Gasteiger partial charge on any atom is 0.380 e. The van der Waals surface area contributed by atoms with Crippen molar-refractivity contribution in [3.63, 3.8) is 0 Å². The SMILES string of the molecule is COc1ccc(C=Cc2ccc3c(C4=C(c5c(C)sc6cc(C=Cc7ccc(OC)cc7)ccc56)C(F)(F)C(F)(F)C4(F)F)c(C)sc3c2)cc1. The first kappa shape index (κ1) is 34.6. The molecule has 0 bridgehead atoms. The van der Waals surface area contributed by atoms with Crippen LogP contribution in [-0.2, 0) is 0 Å². The Hall–Kier alpha value is -4.80. The molecule has 260 valence electrons. The highest BCUT2D eigenvalue weighted by molar-refractivity contribution is 7.19. The Morgan fingerprint density at radius 2 is 0.824 bits per heavy atom. The van der Waals surface area contributed by atoms with Crippen molar-refractivity contribution in [2.45, 2.75) is 31.6 Å². The molecule has 2 aromatic heterocycles. The van der Waals surface area contributed by atoms with Gasteiger partial charge in [-0.15, -0.1) is 22.7 Å². The Bertz CT molecular complexity index is 2210. The van der Waals surface area contributed by atoms with Gasteiger partial charge < -0.3 is 9.47 Å². The molecule has 1 aliphatic rings. The molecule has 0 radical (unpaired) electrons. The maximum atomic E-state index is 16.0. The Morgan fingerprint density at radius 1 is 0.490 bits per heavy atom. The molecule has 2 nitrogen and oxygen atoms in total. The first-order valence-electron chi connectivity index (χ1n) is 15.9. The third-order valence-corrected chi connectivity index (χ3v) is 11.3. The van der Waals surface area contributed by atoms with Gasteiger partial charge in [-0.25, -0.2) is 0 Å². The van der Waals surface area contributed by atoms with Gasteiger partial charge in [-0.3, -0.25) is 0 Å². The highest BCUT2D eigenvalue weighted by Gasteiger charge is 2.80. The van der Waals surface area contributed by atoms with Crippen LogP contribution in [-0.4, -0.2) is 32.0 Å². The average molecular weight is 733 g/mol. The van der Waals surface area contributed by atoms with Crippen LogP contribution in [0, 0.1) is 13.8 Å². The fourth-order valence-electron chi connectivity index (χ4n) is 6.50. The number of thiophene rings is 2. The summed E-state index contributed by atoms with van der Waals surface area (Å²) in [5.74, 6) is -14.6. The van der Waals surface area contributed by atoms with E-state index in [4.69, 9.17) is 9.47 Å². The number of ether oxygens (including phenoxy) is 2. The van der Waals surface area contributed by atoms with Crippen LogP contribution in [0.1, 0.15) is 43.1 Å². The van der Waals surface area contributed by atoms with Crippen molar-refractivity contribution >= 4 is 78.3 Å². The van der Waals surface area contributed by atoms with Gasteiger partial charge in [0.1, 0.15) is 11.5 Å². The minimum Gasteiger partial charge on any atom is -0.497 e. The molecular weight excluding hydrogens is 703 g/mol. The second-order valence-corrected chi connectivity index (χ2v) is 14.8. The fraction of sp³-hybridized carbons (Fsp3) is 0.171. The molecule has 10 heteroatoms. The predicted molar refractivity (Wildman–Crippen MR) is 199 cm³/mol. The van der Waals surface area contributed by atoms with E-state index in [0.717, 1.165) is 44.9 Å². The molecule has 51 heavy (non-hydrogen) atoms. The quantitative estimate of drug-likeness (QED) is 0.115. The smallest absolute Gasteiger partial charge is 0.380 e. The minimum absolute atomic E-state index is 0.211. The van der Waals surface area contributed by atoms with Gasteiger partial charge in [0, 0.05) is 52.2 Å². The van der Waals surface area contributed by atoms with Gasteiger partial charge in [0.2, 0.25) is 0 Å².